The van der Waals surface area contributed by atoms with E-state index in [1.165, 1.54) is 22.2 Å². The number of hydrogen-bond acceptors (Lipinski definition) is 7. The van der Waals surface area contributed by atoms with Crippen LogP contribution in [0.3, 0.4) is 0 Å². The molecule has 1 unspecified atom stereocenters. The fourth-order valence-electron chi connectivity index (χ4n) is 3.25. The van der Waals surface area contributed by atoms with E-state index in [9.17, 15) is 9.59 Å². The number of aryl methyl sites for hydroxylation is 2. The number of pyridine rings is 1. The van der Waals surface area contributed by atoms with Gasteiger partial charge in [-0.25, -0.2) is 4.98 Å². The van der Waals surface area contributed by atoms with E-state index in [-0.39, 0.29) is 23.4 Å². The molecule has 1 N–H and O–H groups in total. The summed E-state index contributed by atoms with van der Waals surface area (Å²) in [7, 11) is 0. The fraction of sp³-hybridized carbons (Fsp3) is 0.368. The van der Waals surface area contributed by atoms with Gasteiger partial charge in [-0.1, -0.05) is 6.07 Å². The molecule has 0 bridgehead atoms. The summed E-state index contributed by atoms with van der Waals surface area (Å²) in [5.74, 6) is 0.945. The van der Waals surface area contributed by atoms with Crippen molar-refractivity contribution >= 4 is 39.3 Å². The van der Waals surface area contributed by atoms with Crippen molar-refractivity contribution in [2.45, 2.75) is 38.0 Å². The molecular weight excluding hydrogens is 382 g/mol. The van der Waals surface area contributed by atoms with Gasteiger partial charge in [0, 0.05) is 11.1 Å². The number of aromatic nitrogens is 3. The zero-order valence-corrected chi connectivity index (χ0v) is 16.5. The highest BCUT2D eigenvalue weighted by Gasteiger charge is 2.21. The van der Waals surface area contributed by atoms with Crippen molar-refractivity contribution in [3.63, 3.8) is 0 Å². The lowest BCUT2D eigenvalue weighted by molar-refractivity contribution is -0.145. The van der Waals surface area contributed by atoms with Crippen molar-refractivity contribution in [1.29, 1.82) is 0 Å². The number of nitrogens with zero attached hydrogens (tertiary/aromatic N) is 2. The van der Waals surface area contributed by atoms with Crippen LogP contribution in [-0.4, -0.2) is 26.7 Å². The molecule has 3 aromatic heterocycles. The topological polar surface area (TPSA) is 84.9 Å². The maximum absolute atomic E-state index is 12.4. The Morgan fingerprint density at radius 1 is 1.41 bits per heavy atom. The highest BCUT2D eigenvalue weighted by atomic mass is 32.2. The van der Waals surface area contributed by atoms with E-state index in [0.29, 0.717) is 11.6 Å². The third kappa shape index (κ3) is 3.91. The zero-order chi connectivity index (χ0) is 18.8. The number of carbonyl (C=O) groups excluding carboxylic acids is 1. The summed E-state index contributed by atoms with van der Waals surface area (Å²) in [6.45, 7) is 1.80. The molecule has 4 rings (SSSR count). The second kappa shape index (κ2) is 7.82. The maximum Gasteiger partial charge on any atom is 0.316 e. The Balaban J connectivity index is 1.35. The number of rotatable bonds is 6. The average Bonchev–Trinajstić information content (AvgIpc) is 3.23. The minimum atomic E-state index is -0.387. The summed E-state index contributed by atoms with van der Waals surface area (Å²) in [5.41, 5.74) is 1.83. The highest BCUT2D eigenvalue weighted by Crippen LogP contribution is 2.34. The van der Waals surface area contributed by atoms with E-state index in [1.807, 2.05) is 18.2 Å². The number of esters is 1. The van der Waals surface area contributed by atoms with Gasteiger partial charge in [0.1, 0.15) is 16.8 Å². The molecule has 1 atom stereocenters. The third-order valence-corrected chi connectivity index (χ3v) is 6.60. The Hall–Kier alpha value is -2.19. The van der Waals surface area contributed by atoms with Crippen LogP contribution in [0.2, 0.25) is 0 Å². The second-order valence-electron chi connectivity index (χ2n) is 6.43. The van der Waals surface area contributed by atoms with E-state index in [1.54, 1.807) is 24.5 Å². The summed E-state index contributed by atoms with van der Waals surface area (Å²) in [6.07, 6.45) is 4.41. The first kappa shape index (κ1) is 18.2. The molecular formula is C19H19N3O3S2. The van der Waals surface area contributed by atoms with Crippen molar-refractivity contribution in [3.8, 4) is 0 Å². The first-order valence-corrected chi connectivity index (χ1v) is 10.8. The van der Waals surface area contributed by atoms with Crippen LogP contribution >= 0.6 is 23.1 Å². The lowest BCUT2D eigenvalue weighted by atomic mass is 10.2. The Bertz CT molecular complexity index is 1030. The van der Waals surface area contributed by atoms with Gasteiger partial charge in [0.05, 0.1) is 22.6 Å². The first-order chi connectivity index (χ1) is 13.1. The molecule has 0 spiro atoms. The number of nitrogens with one attached hydrogen (secondary N) is 1. The number of carbonyl (C=O) groups is 1. The van der Waals surface area contributed by atoms with E-state index in [0.717, 1.165) is 35.2 Å². The Kier molecular flexibility index (Phi) is 5.27. The molecule has 8 heteroatoms. The molecule has 0 aromatic carbocycles. The van der Waals surface area contributed by atoms with Crippen LogP contribution < -0.4 is 5.56 Å². The number of aromatic amines is 1. The van der Waals surface area contributed by atoms with Gasteiger partial charge in [0.2, 0.25) is 0 Å². The van der Waals surface area contributed by atoms with Gasteiger partial charge in [-0.2, -0.15) is 0 Å². The molecule has 6 nitrogen and oxygen atoms in total. The molecule has 3 aromatic rings. The molecule has 0 radical (unpaired) electrons. The molecule has 0 saturated heterocycles. The van der Waals surface area contributed by atoms with Gasteiger partial charge < -0.3 is 9.72 Å². The Morgan fingerprint density at radius 3 is 3.11 bits per heavy atom. The summed E-state index contributed by atoms with van der Waals surface area (Å²) >= 11 is 3.00. The van der Waals surface area contributed by atoms with Crippen molar-refractivity contribution in [1.82, 2.24) is 15.0 Å². The number of hydrogen-bond donors (Lipinski definition) is 1. The molecule has 27 heavy (non-hydrogen) atoms. The van der Waals surface area contributed by atoms with Crippen molar-refractivity contribution < 1.29 is 9.53 Å². The third-order valence-electron chi connectivity index (χ3n) is 4.50. The number of ether oxygens (including phenoxy) is 1. The first-order valence-electron chi connectivity index (χ1n) is 8.83. The van der Waals surface area contributed by atoms with E-state index < -0.39 is 0 Å². The molecule has 140 valence electrons. The standard InChI is InChI=1S/C19H19N3O3S2/c1-11(13-6-2-3-8-20-13)25-16(23)10-26-9-15-21-18(24)17-12-5-4-7-14(12)27-19(17)22-15/h2-3,6,8,11H,4-5,7,9-10H2,1H3,(H,21,22,24). The fourth-order valence-corrected chi connectivity index (χ4v) is 5.20. The molecule has 1 aliphatic carbocycles. The summed E-state index contributed by atoms with van der Waals surface area (Å²) in [5, 5.41) is 0.754. The SMILES string of the molecule is CC(OC(=O)CSCc1nc2sc3c(c2c(=O)[nH]1)CCC3)c1ccccn1. The quantitative estimate of drug-likeness (QED) is 0.637. The molecule has 0 saturated carbocycles. The summed E-state index contributed by atoms with van der Waals surface area (Å²) < 4.78 is 5.40. The van der Waals surface area contributed by atoms with Gasteiger partial charge in [-0.3, -0.25) is 14.6 Å². The molecule has 0 aliphatic heterocycles. The normalized spacial score (nSPS) is 14.3. The van der Waals surface area contributed by atoms with E-state index >= 15 is 0 Å². The van der Waals surface area contributed by atoms with Crippen LogP contribution in [0, 0.1) is 0 Å². The smallest absolute Gasteiger partial charge is 0.316 e. The Morgan fingerprint density at radius 2 is 2.30 bits per heavy atom. The lowest BCUT2D eigenvalue weighted by Gasteiger charge is -2.12. The van der Waals surface area contributed by atoms with Crippen LogP contribution in [0.15, 0.2) is 29.2 Å². The predicted molar refractivity (Wildman–Crippen MR) is 107 cm³/mol. The Labute approximate surface area is 164 Å². The van der Waals surface area contributed by atoms with Crippen LogP contribution in [-0.2, 0) is 28.1 Å². The van der Waals surface area contributed by atoms with Crippen molar-refractivity contribution in [2.75, 3.05) is 5.75 Å². The average molecular weight is 402 g/mol. The van der Waals surface area contributed by atoms with Gasteiger partial charge in [0.25, 0.3) is 5.56 Å². The number of thiophene rings is 1. The van der Waals surface area contributed by atoms with Crippen LogP contribution in [0.1, 0.15) is 41.4 Å². The summed E-state index contributed by atoms with van der Waals surface area (Å²) in [6, 6.07) is 5.51. The predicted octanol–water partition coefficient (Wildman–Crippen LogP) is 3.41. The zero-order valence-electron chi connectivity index (χ0n) is 14.9. The summed E-state index contributed by atoms with van der Waals surface area (Å²) in [4.78, 5) is 38.2. The van der Waals surface area contributed by atoms with Gasteiger partial charge in [0.15, 0.2) is 0 Å². The van der Waals surface area contributed by atoms with E-state index in [4.69, 9.17) is 4.74 Å². The number of H-pyrrole nitrogens is 1. The number of thioether (sulfide) groups is 1. The molecule has 0 fully saturated rings. The van der Waals surface area contributed by atoms with Gasteiger partial charge in [-0.15, -0.1) is 23.1 Å². The van der Waals surface area contributed by atoms with Crippen molar-refractivity contribution in [3.05, 3.63) is 56.7 Å². The monoisotopic (exact) mass is 401 g/mol. The molecule has 3 heterocycles. The maximum atomic E-state index is 12.4. The van der Waals surface area contributed by atoms with Crippen LogP contribution in [0.4, 0.5) is 0 Å². The minimum Gasteiger partial charge on any atom is -0.456 e. The lowest BCUT2D eigenvalue weighted by Crippen LogP contribution is -2.13. The van der Waals surface area contributed by atoms with Gasteiger partial charge >= 0.3 is 5.97 Å². The molecule has 0 amide bonds. The van der Waals surface area contributed by atoms with Crippen LogP contribution in [0.5, 0.6) is 0 Å². The largest absolute Gasteiger partial charge is 0.456 e. The number of fused-ring (bicyclic) bond motifs is 3. The highest BCUT2D eigenvalue weighted by molar-refractivity contribution is 7.99. The van der Waals surface area contributed by atoms with Crippen molar-refractivity contribution in [2.24, 2.45) is 0 Å². The minimum absolute atomic E-state index is 0.0682. The second-order valence-corrected chi connectivity index (χ2v) is 8.50. The van der Waals surface area contributed by atoms with Crippen LogP contribution in [0.25, 0.3) is 10.2 Å². The molecule has 1 aliphatic rings. The van der Waals surface area contributed by atoms with Gasteiger partial charge in [-0.05, 0) is 43.9 Å². The van der Waals surface area contributed by atoms with E-state index in [2.05, 4.69) is 15.0 Å².